The zero-order valence-corrected chi connectivity index (χ0v) is 15.6. The lowest BCUT2D eigenvalue weighted by Gasteiger charge is -2.31. The number of aryl methyl sites for hydroxylation is 3. The highest BCUT2D eigenvalue weighted by Crippen LogP contribution is 2.33. The van der Waals surface area contributed by atoms with Gasteiger partial charge in [0.1, 0.15) is 0 Å². The Bertz CT molecular complexity index is 876. The zero-order chi connectivity index (χ0) is 17.4. The lowest BCUT2D eigenvalue weighted by atomic mass is 9.99. The average molecular weight is 332 g/mol. The molecule has 25 heavy (non-hydrogen) atoms. The predicted molar refractivity (Wildman–Crippen MR) is 106 cm³/mol. The van der Waals surface area contributed by atoms with Crippen molar-refractivity contribution < 1.29 is 0 Å². The zero-order valence-electron chi connectivity index (χ0n) is 15.6. The molecule has 1 aromatic heterocycles. The van der Waals surface area contributed by atoms with Gasteiger partial charge in [-0.1, -0.05) is 42.0 Å². The van der Waals surface area contributed by atoms with E-state index in [-0.39, 0.29) is 0 Å². The van der Waals surface area contributed by atoms with Crippen molar-refractivity contribution in [3.63, 3.8) is 0 Å². The van der Waals surface area contributed by atoms with Gasteiger partial charge in [0.05, 0.1) is 0 Å². The SMILES string of the molecule is Cc1ccc2c(c1)c1c(n2CCCc2ccccc2)CC(C)N(C)C1. The first-order valence-electron chi connectivity index (χ1n) is 9.48. The van der Waals surface area contributed by atoms with Crippen molar-refractivity contribution in [1.29, 1.82) is 0 Å². The van der Waals surface area contributed by atoms with Gasteiger partial charge in [-0.2, -0.15) is 0 Å². The summed E-state index contributed by atoms with van der Waals surface area (Å²) in [5.74, 6) is 0. The van der Waals surface area contributed by atoms with E-state index in [4.69, 9.17) is 0 Å². The van der Waals surface area contributed by atoms with E-state index < -0.39 is 0 Å². The van der Waals surface area contributed by atoms with Gasteiger partial charge in [0, 0.05) is 42.1 Å². The summed E-state index contributed by atoms with van der Waals surface area (Å²) in [6, 6.07) is 18.4. The molecule has 1 aliphatic rings. The molecule has 0 saturated heterocycles. The standard InChI is InChI=1S/C23H28N2/c1-17-11-12-22-20(14-17)21-16-24(3)18(2)15-23(21)25(22)13-7-10-19-8-5-4-6-9-19/h4-6,8-9,11-12,14,18H,7,10,13,15-16H2,1-3H3. The van der Waals surface area contributed by atoms with E-state index in [1.54, 1.807) is 11.3 Å². The largest absolute Gasteiger partial charge is 0.344 e. The van der Waals surface area contributed by atoms with Crippen LogP contribution >= 0.6 is 0 Å². The highest BCUT2D eigenvalue weighted by molar-refractivity contribution is 5.86. The molecule has 1 unspecified atom stereocenters. The Morgan fingerprint density at radius 1 is 1.08 bits per heavy atom. The smallest absolute Gasteiger partial charge is 0.0486 e. The molecule has 2 aromatic carbocycles. The summed E-state index contributed by atoms with van der Waals surface area (Å²) < 4.78 is 2.61. The molecule has 0 aliphatic carbocycles. The maximum absolute atomic E-state index is 2.61. The summed E-state index contributed by atoms with van der Waals surface area (Å²) in [4.78, 5) is 2.48. The van der Waals surface area contributed by atoms with E-state index in [2.05, 4.69) is 78.9 Å². The van der Waals surface area contributed by atoms with Crippen molar-refractivity contribution in [3.05, 3.63) is 70.9 Å². The molecule has 1 atom stereocenters. The summed E-state index contributed by atoms with van der Waals surface area (Å²) in [5.41, 5.74) is 7.35. The molecular formula is C23H28N2. The Kier molecular flexibility index (Phi) is 4.39. The minimum Gasteiger partial charge on any atom is -0.344 e. The number of benzene rings is 2. The van der Waals surface area contributed by atoms with Gasteiger partial charge < -0.3 is 4.57 Å². The number of nitrogens with zero attached hydrogens (tertiary/aromatic N) is 2. The fourth-order valence-corrected chi connectivity index (χ4v) is 4.18. The fraction of sp³-hybridized carbons (Fsp3) is 0.391. The molecule has 4 rings (SSSR count). The number of aromatic nitrogens is 1. The van der Waals surface area contributed by atoms with Crippen LogP contribution in [0.25, 0.3) is 10.9 Å². The minimum absolute atomic E-state index is 0.616. The Balaban J connectivity index is 1.67. The van der Waals surface area contributed by atoms with E-state index in [1.807, 2.05) is 0 Å². The third-order valence-electron chi connectivity index (χ3n) is 5.78. The third kappa shape index (κ3) is 3.11. The number of fused-ring (bicyclic) bond motifs is 3. The second-order valence-electron chi connectivity index (χ2n) is 7.65. The molecule has 1 aliphatic heterocycles. The molecule has 0 bridgehead atoms. The molecule has 0 N–H and O–H groups in total. The molecule has 0 amide bonds. The van der Waals surface area contributed by atoms with Crippen LogP contribution in [-0.4, -0.2) is 22.6 Å². The van der Waals surface area contributed by atoms with Crippen LogP contribution in [-0.2, 0) is 25.9 Å². The van der Waals surface area contributed by atoms with Crippen LogP contribution in [0.1, 0.15) is 35.7 Å². The third-order valence-corrected chi connectivity index (χ3v) is 5.78. The van der Waals surface area contributed by atoms with Crippen molar-refractivity contribution >= 4 is 10.9 Å². The summed E-state index contributed by atoms with van der Waals surface area (Å²) in [7, 11) is 2.25. The predicted octanol–water partition coefficient (Wildman–Crippen LogP) is 4.96. The van der Waals surface area contributed by atoms with Gasteiger partial charge in [0.15, 0.2) is 0 Å². The summed E-state index contributed by atoms with van der Waals surface area (Å²) in [6.07, 6.45) is 3.50. The Labute approximate surface area is 151 Å². The Morgan fingerprint density at radius 3 is 2.68 bits per heavy atom. The van der Waals surface area contributed by atoms with Crippen molar-refractivity contribution in [1.82, 2.24) is 9.47 Å². The van der Waals surface area contributed by atoms with E-state index in [0.29, 0.717) is 6.04 Å². The Hall–Kier alpha value is -2.06. The summed E-state index contributed by atoms with van der Waals surface area (Å²) >= 11 is 0. The second-order valence-corrected chi connectivity index (χ2v) is 7.65. The molecule has 0 saturated carbocycles. The van der Waals surface area contributed by atoms with Gasteiger partial charge in [0.2, 0.25) is 0 Å². The molecular weight excluding hydrogens is 304 g/mol. The average Bonchev–Trinajstić information content (AvgIpc) is 2.89. The molecule has 2 heteroatoms. The number of hydrogen-bond acceptors (Lipinski definition) is 1. The first kappa shape index (κ1) is 16.4. The maximum Gasteiger partial charge on any atom is 0.0486 e. The van der Waals surface area contributed by atoms with Crippen LogP contribution in [0.5, 0.6) is 0 Å². The lowest BCUT2D eigenvalue weighted by Crippen LogP contribution is -2.35. The van der Waals surface area contributed by atoms with Gasteiger partial charge in [0.25, 0.3) is 0 Å². The number of likely N-dealkylation sites (N-methyl/N-ethyl adjacent to an activating group) is 1. The van der Waals surface area contributed by atoms with E-state index in [9.17, 15) is 0 Å². The van der Waals surface area contributed by atoms with Gasteiger partial charge in [-0.3, -0.25) is 4.90 Å². The van der Waals surface area contributed by atoms with E-state index in [1.165, 1.54) is 28.5 Å². The second kappa shape index (κ2) is 6.68. The summed E-state index contributed by atoms with van der Waals surface area (Å²) in [5, 5.41) is 1.47. The van der Waals surface area contributed by atoms with Gasteiger partial charge in [-0.15, -0.1) is 0 Å². The molecule has 0 radical (unpaired) electrons. The molecule has 3 aromatic rings. The molecule has 0 fully saturated rings. The van der Waals surface area contributed by atoms with Crippen molar-refractivity contribution in [2.75, 3.05) is 7.05 Å². The molecule has 0 spiro atoms. The normalized spacial score (nSPS) is 17.8. The maximum atomic E-state index is 2.61. The lowest BCUT2D eigenvalue weighted by molar-refractivity contribution is 0.228. The van der Waals surface area contributed by atoms with Crippen LogP contribution in [0.4, 0.5) is 0 Å². The number of hydrogen-bond donors (Lipinski definition) is 0. The fourth-order valence-electron chi connectivity index (χ4n) is 4.18. The van der Waals surface area contributed by atoms with Crippen molar-refractivity contribution in [2.24, 2.45) is 0 Å². The van der Waals surface area contributed by atoms with E-state index >= 15 is 0 Å². The highest BCUT2D eigenvalue weighted by atomic mass is 15.1. The van der Waals surface area contributed by atoms with Crippen LogP contribution in [0, 0.1) is 6.92 Å². The summed E-state index contributed by atoms with van der Waals surface area (Å²) in [6.45, 7) is 6.73. The molecule has 2 heterocycles. The Morgan fingerprint density at radius 2 is 1.88 bits per heavy atom. The topological polar surface area (TPSA) is 8.17 Å². The van der Waals surface area contributed by atoms with Crippen molar-refractivity contribution in [2.45, 2.75) is 52.2 Å². The molecule has 130 valence electrons. The van der Waals surface area contributed by atoms with Gasteiger partial charge in [-0.05, 0) is 57.0 Å². The van der Waals surface area contributed by atoms with Crippen LogP contribution in [0.15, 0.2) is 48.5 Å². The van der Waals surface area contributed by atoms with Crippen LogP contribution < -0.4 is 0 Å². The minimum atomic E-state index is 0.616. The number of rotatable bonds is 4. The highest BCUT2D eigenvalue weighted by Gasteiger charge is 2.26. The van der Waals surface area contributed by atoms with E-state index in [0.717, 1.165) is 25.9 Å². The first-order chi connectivity index (χ1) is 12.1. The molecule has 2 nitrogen and oxygen atoms in total. The van der Waals surface area contributed by atoms with Crippen LogP contribution in [0.2, 0.25) is 0 Å². The monoisotopic (exact) mass is 332 g/mol. The first-order valence-corrected chi connectivity index (χ1v) is 9.48. The van der Waals surface area contributed by atoms with Gasteiger partial charge in [-0.25, -0.2) is 0 Å². The van der Waals surface area contributed by atoms with Crippen LogP contribution in [0.3, 0.4) is 0 Å². The van der Waals surface area contributed by atoms with Gasteiger partial charge >= 0.3 is 0 Å². The quantitative estimate of drug-likeness (QED) is 0.655. The van der Waals surface area contributed by atoms with Crippen molar-refractivity contribution in [3.8, 4) is 0 Å².